The first-order valence-electron chi connectivity index (χ1n) is 7.51. The van der Waals surface area contributed by atoms with Crippen LogP contribution >= 0.6 is 0 Å². The number of ether oxygens (including phenoxy) is 1. The van der Waals surface area contributed by atoms with Crippen LogP contribution in [-0.2, 0) is 16.9 Å². The molecule has 23 heavy (non-hydrogen) atoms. The zero-order chi connectivity index (χ0) is 15.9. The number of aryl methyl sites for hydroxylation is 1. The fourth-order valence-corrected chi connectivity index (χ4v) is 3.09. The Balaban J connectivity index is 1.74. The topological polar surface area (TPSA) is 43.2 Å². The molecule has 2 aromatic carbocycles. The first-order chi connectivity index (χ1) is 11.2. The summed E-state index contributed by atoms with van der Waals surface area (Å²) in [5, 5.41) is 4.19. The number of epoxide rings is 1. The Morgan fingerprint density at radius 3 is 2.65 bits per heavy atom. The van der Waals surface area contributed by atoms with Crippen molar-refractivity contribution in [3.05, 3.63) is 83.7 Å². The molecule has 2 unspecified atom stereocenters. The Morgan fingerprint density at radius 1 is 1.17 bits per heavy atom. The van der Waals surface area contributed by atoms with Crippen LogP contribution in [0.25, 0.3) is 0 Å². The van der Waals surface area contributed by atoms with Gasteiger partial charge in [0.15, 0.2) is 0 Å². The van der Waals surface area contributed by atoms with E-state index in [2.05, 4.69) is 29.1 Å². The quantitative estimate of drug-likeness (QED) is 0.694. The van der Waals surface area contributed by atoms with Gasteiger partial charge in [-0.1, -0.05) is 36.4 Å². The van der Waals surface area contributed by atoms with Crippen LogP contribution in [0.15, 0.2) is 61.2 Å². The van der Waals surface area contributed by atoms with Crippen LogP contribution in [-0.4, -0.2) is 14.8 Å². The van der Waals surface area contributed by atoms with Gasteiger partial charge in [0.1, 0.15) is 30.2 Å². The molecule has 0 aliphatic carbocycles. The van der Waals surface area contributed by atoms with Crippen molar-refractivity contribution in [3.8, 4) is 0 Å². The second kappa shape index (κ2) is 5.28. The lowest BCUT2D eigenvalue weighted by molar-refractivity contribution is 0.262. The highest BCUT2D eigenvalue weighted by Gasteiger charge is 2.59. The van der Waals surface area contributed by atoms with Crippen LogP contribution in [0.4, 0.5) is 4.39 Å². The summed E-state index contributed by atoms with van der Waals surface area (Å²) in [4.78, 5) is 3.99. The van der Waals surface area contributed by atoms with E-state index in [4.69, 9.17) is 4.74 Å². The fourth-order valence-electron chi connectivity index (χ4n) is 3.09. The molecule has 3 aromatic rings. The maximum atomic E-state index is 13.3. The van der Waals surface area contributed by atoms with Crippen LogP contribution in [0.3, 0.4) is 0 Å². The minimum absolute atomic E-state index is 0.0710. The van der Waals surface area contributed by atoms with Crippen molar-refractivity contribution in [1.82, 2.24) is 14.8 Å². The molecule has 0 saturated carbocycles. The zero-order valence-electron chi connectivity index (χ0n) is 12.7. The number of rotatable bonds is 4. The van der Waals surface area contributed by atoms with Gasteiger partial charge in [-0.3, -0.25) is 0 Å². The molecule has 1 aliphatic rings. The Hall–Kier alpha value is -2.53. The Bertz CT molecular complexity index is 817. The Labute approximate surface area is 133 Å². The fraction of sp³-hybridized carbons (Fsp3) is 0.222. The normalized spacial score (nSPS) is 23.0. The molecule has 0 radical (unpaired) electrons. The number of hydrogen-bond acceptors (Lipinski definition) is 3. The second-order valence-corrected chi connectivity index (χ2v) is 5.84. The van der Waals surface area contributed by atoms with Crippen molar-refractivity contribution in [1.29, 1.82) is 0 Å². The van der Waals surface area contributed by atoms with Crippen LogP contribution in [0, 0.1) is 12.7 Å². The Morgan fingerprint density at radius 2 is 1.96 bits per heavy atom. The van der Waals surface area contributed by atoms with Gasteiger partial charge in [0.2, 0.25) is 0 Å². The summed E-state index contributed by atoms with van der Waals surface area (Å²) in [5.74, 6) is -0.252. The SMILES string of the molecule is Cc1ccccc1C1OC1(Cn1cncn1)c1ccc(F)cc1. The van der Waals surface area contributed by atoms with E-state index in [1.54, 1.807) is 23.1 Å². The van der Waals surface area contributed by atoms with E-state index in [-0.39, 0.29) is 11.9 Å². The first kappa shape index (κ1) is 14.1. The molecule has 4 rings (SSSR count). The second-order valence-electron chi connectivity index (χ2n) is 5.84. The predicted molar refractivity (Wildman–Crippen MR) is 83.1 cm³/mol. The highest BCUT2D eigenvalue weighted by molar-refractivity contribution is 5.39. The van der Waals surface area contributed by atoms with E-state index in [9.17, 15) is 4.39 Å². The monoisotopic (exact) mass is 309 g/mol. The van der Waals surface area contributed by atoms with E-state index >= 15 is 0 Å². The largest absolute Gasteiger partial charge is 0.354 e. The van der Waals surface area contributed by atoms with Crippen molar-refractivity contribution in [2.24, 2.45) is 0 Å². The number of halogens is 1. The number of nitrogens with zero attached hydrogens (tertiary/aromatic N) is 3. The van der Waals surface area contributed by atoms with Crippen molar-refractivity contribution in [2.75, 3.05) is 0 Å². The zero-order valence-corrected chi connectivity index (χ0v) is 12.7. The van der Waals surface area contributed by atoms with Crippen LogP contribution in [0.1, 0.15) is 22.8 Å². The minimum atomic E-state index is -0.534. The third kappa shape index (κ3) is 2.43. The molecule has 4 nitrogen and oxygen atoms in total. The summed E-state index contributed by atoms with van der Waals surface area (Å²) in [6.45, 7) is 2.61. The molecule has 5 heteroatoms. The van der Waals surface area contributed by atoms with Crippen LogP contribution in [0.2, 0.25) is 0 Å². The number of hydrogen-bond donors (Lipinski definition) is 0. The van der Waals surface area contributed by atoms with Gasteiger partial charge in [-0.15, -0.1) is 0 Å². The third-order valence-corrected chi connectivity index (χ3v) is 4.36. The van der Waals surface area contributed by atoms with Crippen molar-refractivity contribution in [3.63, 3.8) is 0 Å². The van der Waals surface area contributed by atoms with Gasteiger partial charge in [0, 0.05) is 0 Å². The van der Waals surface area contributed by atoms with E-state index in [0.717, 1.165) is 11.1 Å². The molecule has 0 amide bonds. The molecule has 2 heterocycles. The highest BCUT2D eigenvalue weighted by atomic mass is 19.1. The predicted octanol–water partition coefficient (Wildman–Crippen LogP) is 3.39. The summed E-state index contributed by atoms with van der Waals surface area (Å²) in [7, 11) is 0. The standard InChI is InChI=1S/C18H16FN3O/c1-13-4-2-3-5-16(13)17-18(23-17,10-22-12-20-11-21-22)14-6-8-15(19)9-7-14/h2-9,11-12,17H,10H2,1H3. The summed E-state index contributed by atoms with van der Waals surface area (Å²) in [6.07, 6.45) is 3.10. The van der Waals surface area contributed by atoms with Crippen molar-refractivity contribution < 1.29 is 9.13 Å². The van der Waals surface area contributed by atoms with Gasteiger partial charge < -0.3 is 4.74 Å². The van der Waals surface area contributed by atoms with Crippen molar-refractivity contribution in [2.45, 2.75) is 25.2 Å². The number of benzene rings is 2. The molecule has 0 bridgehead atoms. The van der Waals surface area contributed by atoms with Gasteiger partial charge in [-0.25, -0.2) is 14.1 Å². The van der Waals surface area contributed by atoms with E-state index < -0.39 is 5.60 Å². The van der Waals surface area contributed by atoms with Crippen LogP contribution in [0.5, 0.6) is 0 Å². The average Bonchev–Trinajstić information content (AvgIpc) is 3.02. The lowest BCUT2D eigenvalue weighted by atomic mass is 9.90. The molecule has 1 aromatic heterocycles. The van der Waals surface area contributed by atoms with Crippen LogP contribution < -0.4 is 0 Å². The molecule has 0 N–H and O–H groups in total. The van der Waals surface area contributed by atoms with Gasteiger partial charge in [-0.05, 0) is 35.7 Å². The van der Waals surface area contributed by atoms with E-state index in [1.165, 1.54) is 24.0 Å². The molecular formula is C18H16FN3O. The summed E-state index contributed by atoms with van der Waals surface area (Å²) < 4.78 is 21.2. The summed E-state index contributed by atoms with van der Waals surface area (Å²) in [5.41, 5.74) is 2.74. The molecule has 1 fully saturated rings. The maximum Gasteiger partial charge on any atom is 0.144 e. The lowest BCUT2D eigenvalue weighted by Crippen LogP contribution is -2.19. The van der Waals surface area contributed by atoms with Gasteiger partial charge in [0.25, 0.3) is 0 Å². The third-order valence-electron chi connectivity index (χ3n) is 4.36. The average molecular weight is 309 g/mol. The molecular weight excluding hydrogens is 293 g/mol. The van der Waals surface area contributed by atoms with Crippen molar-refractivity contribution >= 4 is 0 Å². The molecule has 1 saturated heterocycles. The van der Waals surface area contributed by atoms with Gasteiger partial charge in [0.05, 0.1) is 6.54 Å². The maximum absolute atomic E-state index is 13.3. The molecule has 2 atom stereocenters. The lowest BCUT2D eigenvalue weighted by Gasteiger charge is -2.14. The minimum Gasteiger partial charge on any atom is -0.354 e. The summed E-state index contributed by atoms with van der Waals surface area (Å²) >= 11 is 0. The first-order valence-corrected chi connectivity index (χ1v) is 7.51. The van der Waals surface area contributed by atoms with Gasteiger partial charge >= 0.3 is 0 Å². The van der Waals surface area contributed by atoms with Gasteiger partial charge in [-0.2, -0.15) is 5.10 Å². The number of aromatic nitrogens is 3. The molecule has 1 aliphatic heterocycles. The smallest absolute Gasteiger partial charge is 0.144 e. The van der Waals surface area contributed by atoms with E-state index in [0.29, 0.717) is 6.54 Å². The Kier molecular flexibility index (Phi) is 3.23. The van der Waals surface area contributed by atoms with E-state index in [1.807, 2.05) is 12.1 Å². The molecule has 0 spiro atoms. The highest BCUT2D eigenvalue weighted by Crippen LogP contribution is 2.58. The molecule has 116 valence electrons. The summed E-state index contributed by atoms with van der Waals surface area (Å²) in [6, 6.07) is 14.7.